The Morgan fingerprint density at radius 1 is 1.60 bits per heavy atom. The standard InChI is InChI=1S/C9H16N4O2/c1-4-11(5-2)8(3)12-7-10-6-9(12)13(14)15/h6-8H,4-5H2,1-3H3. The van der Waals surface area contributed by atoms with E-state index in [2.05, 4.69) is 9.88 Å². The second kappa shape index (κ2) is 4.88. The molecule has 1 atom stereocenters. The summed E-state index contributed by atoms with van der Waals surface area (Å²) < 4.78 is 1.58. The summed E-state index contributed by atoms with van der Waals surface area (Å²) in [5.41, 5.74) is 0. The topological polar surface area (TPSA) is 64.2 Å². The summed E-state index contributed by atoms with van der Waals surface area (Å²) >= 11 is 0. The first-order chi connectivity index (χ1) is 7.11. The Morgan fingerprint density at radius 2 is 2.20 bits per heavy atom. The third kappa shape index (κ3) is 2.33. The summed E-state index contributed by atoms with van der Waals surface area (Å²) in [5.74, 6) is 0.0365. The predicted octanol–water partition coefficient (Wildman–Crippen LogP) is 1.65. The first kappa shape index (κ1) is 11.6. The number of hydrogen-bond donors (Lipinski definition) is 0. The minimum absolute atomic E-state index is 0.0365. The molecule has 0 radical (unpaired) electrons. The van der Waals surface area contributed by atoms with Crippen LogP contribution in [0, 0.1) is 10.1 Å². The van der Waals surface area contributed by atoms with E-state index in [0.29, 0.717) is 0 Å². The van der Waals surface area contributed by atoms with Crippen molar-refractivity contribution >= 4 is 5.82 Å². The maximum absolute atomic E-state index is 10.7. The Balaban J connectivity index is 2.94. The van der Waals surface area contributed by atoms with E-state index in [1.54, 1.807) is 4.57 Å². The van der Waals surface area contributed by atoms with Gasteiger partial charge >= 0.3 is 5.82 Å². The van der Waals surface area contributed by atoms with Gasteiger partial charge in [0.15, 0.2) is 12.5 Å². The van der Waals surface area contributed by atoms with Crippen LogP contribution >= 0.6 is 0 Å². The molecular weight excluding hydrogens is 196 g/mol. The van der Waals surface area contributed by atoms with Crippen molar-refractivity contribution in [3.8, 4) is 0 Å². The van der Waals surface area contributed by atoms with Gasteiger partial charge in [-0.1, -0.05) is 13.8 Å². The van der Waals surface area contributed by atoms with Gasteiger partial charge < -0.3 is 10.1 Å². The Morgan fingerprint density at radius 3 is 2.67 bits per heavy atom. The second-order valence-corrected chi connectivity index (χ2v) is 3.27. The molecule has 84 valence electrons. The fourth-order valence-electron chi connectivity index (χ4n) is 1.65. The van der Waals surface area contributed by atoms with Crippen LogP contribution < -0.4 is 0 Å². The first-order valence-electron chi connectivity index (χ1n) is 5.02. The molecule has 0 aliphatic heterocycles. The highest BCUT2D eigenvalue weighted by Crippen LogP contribution is 2.19. The largest absolute Gasteiger partial charge is 0.358 e. The van der Waals surface area contributed by atoms with Crippen molar-refractivity contribution in [3.63, 3.8) is 0 Å². The molecule has 1 unspecified atom stereocenters. The maximum atomic E-state index is 10.7. The number of hydrogen-bond acceptors (Lipinski definition) is 4. The number of imidazole rings is 1. The fraction of sp³-hybridized carbons (Fsp3) is 0.667. The molecule has 1 aromatic rings. The van der Waals surface area contributed by atoms with Crippen molar-refractivity contribution in [1.29, 1.82) is 0 Å². The van der Waals surface area contributed by atoms with Crippen LogP contribution in [0.15, 0.2) is 12.5 Å². The molecule has 0 aliphatic rings. The second-order valence-electron chi connectivity index (χ2n) is 3.27. The molecule has 0 N–H and O–H groups in total. The van der Waals surface area contributed by atoms with Gasteiger partial charge in [-0.15, -0.1) is 0 Å². The molecular formula is C9H16N4O2. The third-order valence-electron chi connectivity index (χ3n) is 2.58. The van der Waals surface area contributed by atoms with Gasteiger partial charge in [0.05, 0.1) is 0 Å². The molecule has 0 fully saturated rings. The predicted molar refractivity (Wildman–Crippen MR) is 56.5 cm³/mol. The minimum Gasteiger partial charge on any atom is -0.358 e. The highest BCUT2D eigenvalue weighted by atomic mass is 16.6. The average molecular weight is 212 g/mol. The fourth-order valence-corrected chi connectivity index (χ4v) is 1.65. The van der Waals surface area contributed by atoms with Crippen LogP contribution in [0.25, 0.3) is 0 Å². The Bertz CT molecular complexity index is 333. The summed E-state index contributed by atoms with van der Waals surface area (Å²) in [6.45, 7) is 7.70. The SMILES string of the molecule is CCN(CC)C(C)n1cncc1[N+](=O)[O-]. The summed E-state index contributed by atoms with van der Waals surface area (Å²) in [5, 5.41) is 10.7. The van der Waals surface area contributed by atoms with Gasteiger partial charge in [-0.25, -0.2) is 4.98 Å². The Kier molecular flexibility index (Phi) is 3.79. The van der Waals surface area contributed by atoms with Crippen molar-refractivity contribution in [2.45, 2.75) is 26.9 Å². The Labute approximate surface area is 88.7 Å². The zero-order valence-electron chi connectivity index (χ0n) is 9.25. The number of nitrogens with zero attached hydrogens (tertiary/aromatic N) is 4. The van der Waals surface area contributed by atoms with Gasteiger partial charge in [-0.05, 0) is 24.9 Å². The molecule has 1 heterocycles. The van der Waals surface area contributed by atoms with E-state index in [4.69, 9.17) is 0 Å². The van der Waals surface area contributed by atoms with Crippen LogP contribution in [0.3, 0.4) is 0 Å². The van der Waals surface area contributed by atoms with E-state index in [1.165, 1.54) is 12.5 Å². The molecule has 0 aromatic carbocycles. The monoisotopic (exact) mass is 212 g/mol. The number of aromatic nitrogens is 2. The molecule has 0 saturated carbocycles. The van der Waals surface area contributed by atoms with Crippen LogP contribution in [0.5, 0.6) is 0 Å². The van der Waals surface area contributed by atoms with Gasteiger partial charge in [0.2, 0.25) is 0 Å². The molecule has 0 aliphatic carbocycles. The lowest BCUT2D eigenvalue weighted by atomic mass is 10.4. The quantitative estimate of drug-likeness (QED) is 0.550. The normalized spacial score (nSPS) is 13.1. The van der Waals surface area contributed by atoms with Crippen LogP contribution in [0.1, 0.15) is 26.9 Å². The van der Waals surface area contributed by atoms with Gasteiger partial charge in [0.25, 0.3) is 0 Å². The Hall–Kier alpha value is -1.43. The lowest BCUT2D eigenvalue weighted by Crippen LogP contribution is -2.30. The van der Waals surface area contributed by atoms with E-state index >= 15 is 0 Å². The molecule has 0 amide bonds. The number of rotatable bonds is 5. The van der Waals surface area contributed by atoms with Crippen molar-refractivity contribution in [2.75, 3.05) is 13.1 Å². The van der Waals surface area contributed by atoms with Crippen molar-refractivity contribution in [1.82, 2.24) is 14.5 Å². The molecule has 0 saturated heterocycles. The third-order valence-corrected chi connectivity index (χ3v) is 2.58. The number of nitro groups is 1. The lowest BCUT2D eigenvalue weighted by molar-refractivity contribution is -0.393. The highest BCUT2D eigenvalue weighted by Gasteiger charge is 2.22. The molecule has 1 rings (SSSR count). The maximum Gasteiger partial charge on any atom is 0.343 e. The van der Waals surface area contributed by atoms with Crippen molar-refractivity contribution in [2.24, 2.45) is 0 Å². The molecule has 6 nitrogen and oxygen atoms in total. The summed E-state index contributed by atoms with van der Waals surface area (Å²) in [6.07, 6.45) is 2.74. The minimum atomic E-state index is -0.410. The van der Waals surface area contributed by atoms with Crippen LogP contribution in [0.4, 0.5) is 5.82 Å². The van der Waals surface area contributed by atoms with E-state index in [1.807, 2.05) is 20.8 Å². The molecule has 0 bridgehead atoms. The van der Waals surface area contributed by atoms with Crippen LogP contribution in [0.2, 0.25) is 0 Å². The summed E-state index contributed by atoms with van der Waals surface area (Å²) in [4.78, 5) is 16.2. The van der Waals surface area contributed by atoms with Gasteiger partial charge in [0, 0.05) is 0 Å². The summed E-state index contributed by atoms with van der Waals surface area (Å²) in [7, 11) is 0. The molecule has 15 heavy (non-hydrogen) atoms. The van der Waals surface area contributed by atoms with Crippen molar-refractivity contribution in [3.05, 3.63) is 22.6 Å². The highest BCUT2D eigenvalue weighted by molar-refractivity contribution is 5.15. The van der Waals surface area contributed by atoms with Crippen molar-refractivity contribution < 1.29 is 4.92 Å². The van der Waals surface area contributed by atoms with Crippen LogP contribution in [-0.4, -0.2) is 32.5 Å². The van der Waals surface area contributed by atoms with E-state index < -0.39 is 4.92 Å². The molecule has 0 spiro atoms. The van der Waals surface area contributed by atoms with Gasteiger partial charge in [-0.3, -0.25) is 4.90 Å². The average Bonchev–Trinajstić information content (AvgIpc) is 2.67. The summed E-state index contributed by atoms with van der Waals surface area (Å²) in [6, 6.07) is 0. The van der Waals surface area contributed by atoms with Crippen LogP contribution in [-0.2, 0) is 0 Å². The van der Waals surface area contributed by atoms with Gasteiger partial charge in [0.1, 0.15) is 6.20 Å². The molecule has 6 heteroatoms. The van der Waals surface area contributed by atoms with E-state index in [9.17, 15) is 10.1 Å². The smallest absolute Gasteiger partial charge is 0.343 e. The zero-order valence-corrected chi connectivity index (χ0v) is 9.25. The zero-order chi connectivity index (χ0) is 11.4. The van der Waals surface area contributed by atoms with E-state index in [0.717, 1.165) is 13.1 Å². The molecule has 1 aromatic heterocycles. The lowest BCUT2D eigenvalue weighted by Gasteiger charge is -2.23. The van der Waals surface area contributed by atoms with Gasteiger partial charge in [-0.2, -0.15) is 4.57 Å². The first-order valence-corrected chi connectivity index (χ1v) is 5.02. The van der Waals surface area contributed by atoms with E-state index in [-0.39, 0.29) is 12.0 Å².